The fourth-order valence-electron chi connectivity index (χ4n) is 1.76. The first-order valence-electron chi connectivity index (χ1n) is 5.13. The second-order valence-electron chi connectivity index (χ2n) is 3.71. The third kappa shape index (κ3) is 1.90. The van der Waals surface area contributed by atoms with Crippen molar-refractivity contribution < 1.29 is 0 Å². The highest BCUT2D eigenvalue weighted by Crippen LogP contribution is 2.23. The van der Waals surface area contributed by atoms with E-state index in [0.29, 0.717) is 10.2 Å². The van der Waals surface area contributed by atoms with Gasteiger partial charge in [0.25, 0.3) is 0 Å². The second-order valence-corrected chi connectivity index (χ2v) is 4.54. The summed E-state index contributed by atoms with van der Waals surface area (Å²) in [5.74, 6) is 0. The molecule has 2 nitrogen and oxygen atoms in total. The van der Waals surface area contributed by atoms with E-state index >= 15 is 0 Å². The number of aromatic nitrogens is 2. The minimum absolute atomic E-state index is 0.642. The normalized spacial score (nSPS) is 10.9. The quantitative estimate of drug-likeness (QED) is 0.598. The molecule has 0 saturated carbocycles. The maximum Gasteiger partial charge on any atom is 0.138 e. The van der Waals surface area contributed by atoms with Gasteiger partial charge in [-0.1, -0.05) is 41.4 Å². The highest BCUT2D eigenvalue weighted by atomic mass is 35.5. The van der Waals surface area contributed by atoms with Gasteiger partial charge in [-0.05, 0) is 24.3 Å². The molecule has 3 rings (SSSR count). The van der Waals surface area contributed by atoms with E-state index in [2.05, 4.69) is 4.98 Å². The second kappa shape index (κ2) is 4.06. The number of hydrogen-bond acceptors (Lipinski definition) is 1. The van der Waals surface area contributed by atoms with Crippen molar-refractivity contribution in [1.82, 2.24) is 9.38 Å². The van der Waals surface area contributed by atoms with Crippen LogP contribution < -0.4 is 0 Å². The Morgan fingerprint density at radius 2 is 1.82 bits per heavy atom. The lowest BCUT2D eigenvalue weighted by atomic mass is 10.2. The van der Waals surface area contributed by atoms with Gasteiger partial charge in [0.2, 0.25) is 0 Å². The molecule has 0 aliphatic rings. The van der Waals surface area contributed by atoms with Crippen LogP contribution >= 0.6 is 23.2 Å². The van der Waals surface area contributed by atoms with E-state index in [-0.39, 0.29) is 0 Å². The lowest BCUT2D eigenvalue weighted by Gasteiger charge is -1.95. The molecule has 0 amide bonds. The highest BCUT2D eigenvalue weighted by Gasteiger charge is 2.06. The van der Waals surface area contributed by atoms with Gasteiger partial charge in [0, 0.05) is 16.8 Å². The van der Waals surface area contributed by atoms with Gasteiger partial charge >= 0.3 is 0 Å². The van der Waals surface area contributed by atoms with Gasteiger partial charge in [0.05, 0.1) is 5.69 Å². The molecule has 0 bridgehead atoms. The lowest BCUT2D eigenvalue weighted by Crippen LogP contribution is -1.82. The minimum atomic E-state index is 0.642. The molecule has 0 saturated heterocycles. The van der Waals surface area contributed by atoms with E-state index < -0.39 is 0 Å². The summed E-state index contributed by atoms with van der Waals surface area (Å²) >= 11 is 12.1. The van der Waals surface area contributed by atoms with Crippen LogP contribution in [0.5, 0.6) is 0 Å². The predicted molar refractivity (Wildman–Crippen MR) is 70.6 cm³/mol. The van der Waals surface area contributed by atoms with Crippen LogP contribution in [-0.2, 0) is 0 Å². The fourth-order valence-corrected chi connectivity index (χ4v) is 2.16. The number of rotatable bonds is 1. The molecule has 84 valence electrons. The minimum Gasteiger partial charge on any atom is -0.290 e. The SMILES string of the molecule is Clc1cccc(-c2cn3c(Cl)cccc3n2)c1. The largest absolute Gasteiger partial charge is 0.290 e. The van der Waals surface area contributed by atoms with Crippen molar-refractivity contribution in [1.29, 1.82) is 0 Å². The Morgan fingerprint density at radius 3 is 2.59 bits per heavy atom. The summed E-state index contributed by atoms with van der Waals surface area (Å²) in [7, 11) is 0. The van der Waals surface area contributed by atoms with E-state index in [4.69, 9.17) is 23.2 Å². The zero-order valence-electron chi connectivity index (χ0n) is 8.77. The summed E-state index contributed by atoms with van der Waals surface area (Å²) in [6, 6.07) is 13.2. The fraction of sp³-hybridized carbons (Fsp3) is 0. The van der Waals surface area contributed by atoms with Crippen molar-refractivity contribution in [2.75, 3.05) is 0 Å². The molecule has 0 N–H and O–H groups in total. The summed E-state index contributed by atoms with van der Waals surface area (Å²) in [6.45, 7) is 0. The molecular weight excluding hydrogens is 255 g/mol. The van der Waals surface area contributed by atoms with Crippen LogP contribution in [0.2, 0.25) is 10.2 Å². The Kier molecular flexibility index (Phi) is 2.54. The van der Waals surface area contributed by atoms with Gasteiger partial charge in [0.15, 0.2) is 0 Å². The summed E-state index contributed by atoms with van der Waals surface area (Å²) in [5.41, 5.74) is 2.67. The molecule has 0 aliphatic carbocycles. The van der Waals surface area contributed by atoms with Gasteiger partial charge in [-0.2, -0.15) is 0 Å². The first-order chi connectivity index (χ1) is 8.24. The van der Waals surface area contributed by atoms with Crippen LogP contribution in [0.25, 0.3) is 16.9 Å². The van der Waals surface area contributed by atoms with Crippen LogP contribution in [0, 0.1) is 0 Å². The summed E-state index contributed by atoms with van der Waals surface area (Å²) in [5, 5.41) is 1.34. The van der Waals surface area contributed by atoms with Gasteiger partial charge in [0.1, 0.15) is 10.8 Å². The molecule has 4 heteroatoms. The molecule has 3 aromatic rings. The molecule has 17 heavy (non-hydrogen) atoms. The number of hydrogen-bond donors (Lipinski definition) is 0. The molecular formula is C13H8Cl2N2. The van der Waals surface area contributed by atoms with E-state index in [1.807, 2.05) is 53.1 Å². The van der Waals surface area contributed by atoms with Gasteiger partial charge < -0.3 is 0 Å². The van der Waals surface area contributed by atoms with Gasteiger partial charge in [-0.15, -0.1) is 0 Å². The van der Waals surface area contributed by atoms with Crippen LogP contribution in [-0.4, -0.2) is 9.38 Å². The van der Waals surface area contributed by atoms with Crippen molar-refractivity contribution in [3.8, 4) is 11.3 Å². The van der Waals surface area contributed by atoms with Crippen molar-refractivity contribution >= 4 is 28.8 Å². The molecule has 0 atom stereocenters. The van der Waals surface area contributed by atoms with E-state index in [9.17, 15) is 0 Å². The van der Waals surface area contributed by atoms with Crippen LogP contribution in [0.15, 0.2) is 48.7 Å². The zero-order valence-corrected chi connectivity index (χ0v) is 10.3. The highest BCUT2D eigenvalue weighted by molar-refractivity contribution is 6.31. The van der Waals surface area contributed by atoms with E-state index in [1.54, 1.807) is 0 Å². The van der Waals surface area contributed by atoms with Crippen molar-refractivity contribution in [3.05, 3.63) is 58.8 Å². The molecule has 0 radical (unpaired) electrons. The van der Waals surface area contributed by atoms with Crippen molar-refractivity contribution in [2.24, 2.45) is 0 Å². The molecule has 0 unspecified atom stereocenters. The van der Waals surface area contributed by atoms with E-state index in [0.717, 1.165) is 16.9 Å². The average molecular weight is 263 g/mol. The third-order valence-electron chi connectivity index (χ3n) is 2.56. The lowest BCUT2D eigenvalue weighted by molar-refractivity contribution is 1.19. The standard InChI is InChI=1S/C13H8Cl2N2/c14-10-4-1-3-9(7-10)11-8-17-12(15)5-2-6-13(17)16-11/h1-8H. The number of fused-ring (bicyclic) bond motifs is 1. The molecule has 0 spiro atoms. The Balaban J connectivity index is 2.22. The Morgan fingerprint density at radius 1 is 1.00 bits per heavy atom. The average Bonchev–Trinajstić information content (AvgIpc) is 2.74. The number of halogens is 2. The Labute approximate surface area is 108 Å². The first kappa shape index (κ1) is 10.6. The zero-order chi connectivity index (χ0) is 11.8. The smallest absolute Gasteiger partial charge is 0.138 e. The van der Waals surface area contributed by atoms with Gasteiger partial charge in [-0.3, -0.25) is 4.40 Å². The van der Waals surface area contributed by atoms with Crippen LogP contribution in [0.4, 0.5) is 0 Å². The number of nitrogens with zero attached hydrogens (tertiary/aromatic N) is 2. The molecule has 0 aliphatic heterocycles. The number of benzene rings is 1. The molecule has 1 aromatic carbocycles. The van der Waals surface area contributed by atoms with Crippen LogP contribution in [0.3, 0.4) is 0 Å². The molecule has 2 heterocycles. The Hall–Kier alpha value is -1.51. The van der Waals surface area contributed by atoms with E-state index in [1.165, 1.54) is 0 Å². The van der Waals surface area contributed by atoms with Gasteiger partial charge in [-0.25, -0.2) is 4.98 Å². The third-order valence-corrected chi connectivity index (χ3v) is 3.11. The first-order valence-corrected chi connectivity index (χ1v) is 5.89. The number of imidazole rings is 1. The monoisotopic (exact) mass is 262 g/mol. The topological polar surface area (TPSA) is 17.3 Å². The van der Waals surface area contributed by atoms with Crippen molar-refractivity contribution in [3.63, 3.8) is 0 Å². The van der Waals surface area contributed by atoms with Crippen molar-refractivity contribution in [2.45, 2.75) is 0 Å². The number of pyridine rings is 1. The summed E-state index contributed by atoms with van der Waals surface area (Å²) in [6.07, 6.45) is 1.91. The summed E-state index contributed by atoms with van der Waals surface area (Å²) < 4.78 is 1.85. The predicted octanol–water partition coefficient (Wildman–Crippen LogP) is 4.31. The maximum absolute atomic E-state index is 6.09. The maximum atomic E-state index is 6.09. The Bertz CT molecular complexity index is 689. The summed E-state index contributed by atoms with van der Waals surface area (Å²) in [4.78, 5) is 4.50. The molecule has 2 aromatic heterocycles. The molecule has 0 fully saturated rings. The van der Waals surface area contributed by atoms with Crippen LogP contribution in [0.1, 0.15) is 0 Å².